The lowest BCUT2D eigenvalue weighted by Crippen LogP contribution is -2.32. The minimum Gasteiger partial charge on any atom is -0.390 e. The first kappa shape index (κ1) is 31.6. The Balaban J connectivity index is 0. The van der Waals surface area contributed by atoms with Crippen molar-refractivity contribution in [1.29, 1.82) is 0 Å². The number of unbranched alkanes of at least 4 members (excludes halogenated alkanes) is 14. The van der Waals surface area contributed by atoms with Crippen molar-refractivity contribution in [2.45, 2.75) is 162 Å². The standard InChI is InChI=1S/C18H37NO.C9H20O/c1-2-3-4-5-6-7-8-9-10-11-12-13-14-15-16-17-18(19)20;1-5-8(6-2)9(4,10)7-3/h2-17H2,1H3,(H2,19,20);8,10H,5-7H2,1-4H3. The zero-order chi connectivity index (χ0) is 23.1. The van der Waals surface area contributed by atoms with Crippen LogP contribution in [0.15, 0.2) is 0 Å². The highest BCUT2D eigenvalue weighted by atomic mass is 16.3. The summed E-state index contributed by atoms with van der Waals surface area (Å²) in [6, 6.07) is 0. The van der Waals surface area contributed by atoms with Gasteiger partial charge in [0.1, 0.15) is 0 Å². The lowest BCUT2D eigenvalue weighted by atomic mass is 9.83. The molecule has 0 heterocycles. The molecule has 1 atom stereocenters. The van der Waals surface area contributed by atoms with Crippen LogP contribution in [0.25, 0.3) is 0 Å². The van der Waals surface area contributed by atoms with Gasteiger partial charge in [-0.15, -0.1) is 0 Å². The van der Waals surface area contributed by atoms with E-state index in [0.717, 1.165) is 25.7 Å². The zero-order valence-electron chi connectivity index (χ0n) is 21.4. The molecule has 3 nitrogen and oxygen atoms in total. The summed E-state index contributed by atoms with van der Waals surface area (Å²) >= 11 is 0. The van der Waals surface area contributed by atoms with E-state index in [1.165, 1.54) is 89.9 Å². The molecule has 0 rings (SSSR count). The van der Waals surface area contributed by atoms with Gasteiger partial charge in [-0.1, -0.05) is 130 Å². The number of primary amides is 1. The van der Waals surface area contributed by atoms with Crippen LogP contribution in [-0.2, 0) is 4.79 Å². The largest absolute Gasteiger partial charge is 0.390 e. The lowest BCUT2D eigenvalue weighted by Gasteiger charge is -2.30. The van der Waals surface area contributed by atoms with E-state index in [0.29, 0.717) is 12.3 Å². The van der Waals surface area contributed by atoms with Crippen molar-refractivity contribution < 1.29 is 9.90 Å². The molecule has 0 bridgehead atoms. The third kappa shape index (κ3) is 22.1. The Morgan fingerprint density at radius 3 is 1.27 bits per heavy atom. The molecule has 0 aliphatic rings. The molecule has 0 aliphatic heterocycles. The average Bonchev–Trinajstić information content (AvgIpc) is 2.72. The van der Waals surface area contributed by atoms with Gasteiger partial charge in [0, 0.05) is 6.42 Å². The number of carbonyl (C=O) groups is 1. The van der Waals surface area contributed by atoms with Crippen LogP contribution in [-0.4, -0.2) is 16.6 Å². The second kappa shape index (κ2) is 23.1. The third-order valence-electron chi connectivity index (χ3n) is 6.61. The highest BCUT2D eigenvalue weighted by Gasteiger charge is 2.26. The van der Waals surface area contributed by atoms with E-state index in [-0.39, 0.29) is 5.91 Å². The van der Waals surface area contributed by atoms with E-state index in [4.69, 9.17) is 5.73 Å². The summed E-state index contributed by atoms with van der Waals surface area (Å²) < 4.78 is 0. The van der Waals surface area contributed by atoms with E-state index in [1.807, 2.05) is 13.8 Å². The highest BCUT2D eigenvalue weighted by Crippen LogP contribution is 2.26. The Morgan fingerprint density at radius 2 is 1.03 bits per heavy atom. The van der Waals surface area contributed by atoms with Crippen LogP contribution >= 0.6 is 0 Å². The van der Waals surface area contributed by atoms with Gasteiger partial charge in [-0.2, -0.15) is 0 Å². The summed E-state index contributed by atoms with van der Waals surface area (Å²) in [5.74, 6) is 0.317. The van der Waals surface area contributed by atoms with E-state index in [1.54, 1.807) is 0 Å². The first-order valence-corrected chi connectivity index (χ1v) is 13.4. The number of nitrogens with two attached hydrogens (primary N) is 1. The molecule has 0 aromatic carbocycles. The Labute approximate surface area is 190 Å². The molecule has 0 aromatic heterocycles. The predicted octanol–water partition coefficient (Wildman–Crippen LogP) is 8.32. The molecular weight excluding hydrogens is 370 g/mol. The lowest BCUT2D eigenvalue weighted by molar-refractivity contribution is -0.118. The van der Waals surface area contributed by atoms with Gasteiger partial charge in [-0.3, -0.25) is 4.79 Å². The third-order valence-corrected chi connectivity index (χ3v) is 6.61. The number of rotatable bonds is 20. The van der Waals surface area contributed by atoms with E-state index < -0.39 is 5.60 Å². The van der Waals surface area contributed by atoms with Gasteiger partial charge in [0.25, 0.3) is 0 Å². The van der Waals surface area contributed by atoms with Gasteiger partial charge in [0.15, 0.2) is 0 Å². The normalized spacial score (nSPS) is 13.0. The summed E-state index contributed by atoms with van der Waals surface area (Å²) in [5.41, 5.74) is 4.67. The molecule has 182 valence electrons. The molecule has 0 fully saturated rings. The fourth-order valence-corrected chi connectivity index (χ4v) is 4.13. The van der Waals surface area contributed by atoms with Crippen LogP contribution in [0.4, 0.5) is 0 Å². The van der Waals surface area contributed by atoms with Crippen LogP contribution in [0, 0.1) is 5.92 Å². The number of hydrogen-bond acceptors (Lipinski definition) is 2. The van der Waals surface area contributed by atoms with E-state index in [2.05, 4.69) is 20.8 Å². The molecule has 0 saturated heterocycles. The minimum absolute atomic E-state index is 0.153. The Morgan fingerprint density at radius 1 is 0.700 bits per heavy atom. The molecule has 1 amide bonds. The van der Waals surface area contributed by atoms with Crippen molar-refractivity contribution in [2.24, 2.45) is 11.7 Å². The summed E-state index contributed by atoms with van der Waals surface area (Å²) in [4.78, 5) is 10.6. The Bertz CT molecular complexity index is 351. The number of amides is 1. The zero-order valence-corrected chi connectivity index (χ0v) is 21.4. The van der Waals surface area contributed by atoms with Gasteiger partial charge >= 0.3 is 0 Å². The topological polar surface area (TPSA) is 63.3 Å². The molecule has 3 heteroatoms. The van der Waals surface area contributed by atoms with Crippen LogP contribution in [0.2, 0.25) is 0 Å². The van der Waals surface area contributed by atoms with Crippen molar-refractivity contribution in [3.63, 3.8) is 0 Å². The van der Waals surface area contributed by atoms with Gasteiger partial charge < -0.3 is 10.8 Å². The van der Waals surface area contributed by atoms with Crippen molar-refractivity contribution in [3.05, 3.63) is 0 Å². The summed E-state index contributed by atoms with van der Waals surface area (Å²) in [6.07, 6.45) is 23.9. The summed E-state index contributed by atoms with van der Waals surface area (Å²) in [7, 11) is 0. The monoisotopic (exact) mass is 427 g/mol. The maximum atomic E-state index is 10.6. The SMILES string of the molecule is CCC(CC)C(C)(O)CC.CCCCCCCCCCCCCCCCCC(N)=O. The smallest absolute Gasteiger partial charge is 0.217 e. The van der Waals surface area contributed by atoms with Crippen LogP contribution in [0.3, 0.4) is 0 Å². The fraction of sp³-hybridized carbons (Fsp3) is 0.963. The highest BCUT2D eigenvalue weighted by molar-refractivity contribution is 5.73. The van der Waals surface area contributed by atoms with Gasteiger partial charge in [0.05, 0.1) is 5.60 Å². The Kier molecular flexibility index (Phi) is 24.3. The average molecular weight is 428 g/mol. The Hall–Kier alpha value is -0.570. The van der Waals surface area contributed by atoms with Crippen molar-refractivity contribution in [3.8, 4) is 0 Å². The molecule has 3 N–H and O–H groups in total. The molecule has 0 radical (unpaired) electrons. The second-order valence-electron chi connectivity index (χ2n) is 9.39. The molecule has 0 aliphatic carbocycles. The number of aliphatic hydroxyl groups is 1. The van der Waals surface area contributed by atoms with Crippen molar-refractivity contribution >= 4 is 5.91 Å². The molecule has 1 unspecified atom stereocenters. The van der Waals surface area contributed by atoms with Crippen LogP contribution in [0.1, 0.15) is 157 Å². The molecule has 0 spiro atoms. The van der Waals surface area contributed by atoms with E-state index in [9.17, 15) is 9.90 Å². The van der Waals surface area contributed by atoms with Crippen LogP contribution in [0.5, 0.6) is 0 Å². The van der Waals surface area contributed by atoms with Gasteiger partial charge in [-0.05, 0) is 25.7 Å². The quantitative estimate of drug-likeness (QED) is 0.192. The van der Waals surface area contributed by atoms with Crippen LogP contribution < -0.4 is 5.73 Å². The molecule has 30 heavy (non-hydrogen) atoms. The van der Waals surface area contributed by atoms with Gasteiger partial charge in [-0.25, -0.2) is 0 Å². The summed E-state index contributed by atoms with van der Waals surface area (Å²) in [6.45, 7) is 10.5. The number of hydrogen-bond donors (Lipinski definition) is 2. The van der Waals surface area contributed by atoms with Crippen molar-refractivity contribution in [1.82, 2.24) is 0 Å². The minimum atomic E-state index is -0.441. The maximum absolute atomic E-state index is 10.6. The molecular formula is C27H57NO2. The summed E-state index contributed by atoms with van der Waals surface area (Å²) in [5, 5.41) is 9.78. The van der Waals surface area contributed by atoms with Gasteiger partial charge in [0.2, 0.25) is 5.91 Å². The maximum Gasteiger partial charge on any atom is 0.217 e. The predicted molar refractivity (Wildman–Crippen MR) is 134 cm³/mol. The number of carbonyl (C=O) groups excluding carboxylic acids is 1. The van der Waals surface area contributed by atoms with Crippen molar-refractivity contribution in [2.75, 3.05) is 0 Å². The first-order chi connectivity index (χ1) is 14.4. The fourth-order valence-electron chi connectivity index (χ4n) is 4.13. The first-order valence-electron chi connectivity index (χ1n) is 13.4. The second-order valence-corrected chi connectivity index (χ2v) is 9.39. The molecule has 0 saturated carbocycles. The molecule has 0 aromatic rings. The van der Waals surface area contributed by atoms with E-state index >= 15 is 0 Å².